The van der Waals surface area contributed by atoms with Gasteiger partial charge in [0.05, 0.1) is 28.4 Å². The zero-order valence-electron chi connectivity index (χ0n) is 19.5. The highest BCUT2D eigenvalue weighted by Gasteiger charge is 2.30. The van der Waals surface area contributed by atoms with Gasteiger partial charge in [0.2, 0.25) is 0 Å². The first-order valence-electron chi connectivity index (χ1n) is 11.0. The molecule has 5 rings (SSSR count). The molecular formula is C26H23N5O4. The van der Waals surface area contributed by atoms with Gasteiger partial charge in [-0.15, -0.1) is 0 Å². The minimum Gasteiger partial charge on any atom is -0.469 e. The van der Waals surface area contributed by atoms with Gasteiger partial charge in [-0.05, 0) is 43.2 Å². The Bertz CT molecular complexity index is 1600. The van der Waals surface area contributed by atoms with Crippen LogP contribution in [0.15, 0.2) is 73.3 Å². The molecule has 0 amide bonds. The van der Waals surface area contributed by atoms with Crippen LogP contribution in [-0.4, -0.2) is 37.1 Å². The maximum absolute atomic E-state index is 12.2. The van der Waals surface area contributed by atoms with Gasteiger partial charge in [-0.2, -0.15) is 0 Å². The summed E-state index contributed by atoms with van der Waals surface area (Å²) in [5, 5.41) is 13.1. The molecule has 0 atom stereocenters. The van der Waals surface area contributed by atoms with Gasteiger partial charge in [-0.25, -0.2) is 9.97 Å². The second kappa shape index (κ2) is 8.35. The highest BCUT2D eigenvalue weighted by molar-refractivity contribution is 5.91. The molecule has 3 heterocycles. The van der Waals surface area contributed by atoms with Gasteiger partial charge in [0.1, 0.15) is 17.8 Å². The summed E-state index contributed by atoms with van der Waals surface area (Å²) in [5.74, 6) is 0.412. The molecule has 0 unspecified atom stereocenters. The Hall–Kier alpha value is -4.53. The minimum absolute atomic E-state index is 0.0479. The molecule has 0 bridgehead atoms. The average molecular weight is 470 g/mol. The number of nitrogens with zero attached hydrogens (tertiary/aromatic N) is 5. The van der Waals surface area contributed by atoms with Gasteiger partial charge in [-0.1, -0.05) is 24.3 Å². The number of hydrogen-bond donors (Lipinski definition) is 0. The Morgan fingerprint density at radius 1 is 1.06 bits per heavy atom. The maximum Gasteiger partial charge on any atom is 0.313 e. The van der Waals surface area contributed by atoms with E-state index in [0.29, 0.717) is 18.0 Å². The summed E-state index contributed by atoms with van der Waals surface area (Å²) in [5.41, 5.74) is 2.58. The van der Waals surface area contributed by atoms with Crippen molar-refractivity contribution in [2.24, 2.45) is 5.41 Å². The van der Waals surface area contributed by atoms with Gasteiger partial charge < -0.3 is 13.9 Å². The second-order valence-electron chi connectivity index (χ2n) is 9.02. The van der Waals surface area contributed by atoms with Crippen LogP contribution in [0.4, 0.5) is 5.69 Å². The molecule has 35 heavy (non-hydrogen) atoms. The molecule has 9 nitrogen and oxygen atoms in total. The van der Waals surface area contributed by atoms with Gasteiger partial charge in [-0.3, -0.25) is 14.9 Å². The van der Waals surface area contributed by atoms with E-state index in [0.717, 1.165) is 27.4 Å². The van der Waals surface area contributed by atoms with Crippen molar-refractivity contribution in [1.29, 1.82) is 0 Å². The molecular weight excluding hydrogens is 446 g/mol. The van der Waals surface area contributed by atoms with E-state index in [1.807, 2.05) is 71.8 Å². The summed E-state index contributed by atoms with van der Waals surface area (Å²) in [4.78, 5) is 32.1. The van der Waals surface area contributed by atoms with Gasteiger partial charge in [0.15, 0.2) is 0 Å². The Kier molecular flexibility index (Phi) is 5.32. The van der Waals surface area contributed by atoms with Crippen LogP contribution in [0.25, 0.3) is 38.9 Å². The molecule has 5 aromatic rings. The molecule has 2 aromatic carbocycles. The molecule has 0 saturated heterocycles. The van der Waals surface area contributed by atoms with Crippen LogP contribution in [0.2, 0.25) is 0 Å². The van der Waals surface area contributed by atoms with Crippen molar-refractivity contribution in [2.45, 2.75) is 20.4 Å². The molecule has 9 heteroatoms. The number of ether oxygens (including phenoxy) is 1. The second-order valence-corrected chi connectivity index (χ2v) is 9.02. The normalized spacial score (nSPS) is 11.7. The summed E-state index contributed by atoms with van der Waals surface area (Å²) in [6.45, 7) is 4.08. The van der Waals surface area contributed by atoms with Crippen molar-refractivity contribution in [3.8, 4) is 16.9 Å². The molecule has 0 spiro atoms. The van der Waals surface area contributed by atoms with E-state index < -0.39 is 10.3 Å². The highest BCUT2D eigenvalue weighted by atomic mass is 16.6. The zero-order chi connectivity index (χ0) is 24.7. The number of aromatic nitrogens is 4. The smallest absolute Gasteiger partial charge is 0.313 e. The lowest BCUT2D eigenvalue weighted by Crippen LogP contribution is -2.30. The van der Waals surface area contributed by atoms with Crippen LogP contribution >= 0.6 is 0 Å². The topological polar surface area (TPSA) is 105 Å². The number of hydrogen-bond acceptors (Lipinski definition) is 6. The van der Waals surface area contributed by atoms with E-state index >= 15 is 0 Å². The summed E-state index contributed by atoms with van der Waals surface area (Å²) in [6, 6.07) is 16.5. The number of nitro groups is 1. The van der Waals surface area contributed by atoms with Crippen molar-refractivity contribution >= 4 is 33.6 Å². The van der Waals surface area contributed by atoms with Crippen LogP contribution in [0.3, 0.4) is 0 Å². The SMILES string of the molecule is COC(=O)C(C)(C)Cn1ccc2c(-n3ccc4ccc(-c5cccc([N+](=O)[O-])c5)cc43)ncnc21. The standard InChI is InChI=1S/C26H23N5O4/c1-26(2,25(32)35-3)15-29-11-10-21-23(29)27-16-28-24(21)30-12-9-17-7-8-19(14-22(17)30)18-5-4-6-20(13-18)31(33)34/h4-14,16H,15H2,1-3H3. The van der Waals surface area contributed by atoms with Crippen LogP contribution in [0, 0.1) is 15.5 Å². The zero-order valence-corrected chi connectivity index (χ0v) is 19.5. The van der Waals surface area contributed by atoms with Crippen LogP contribution in [-0.2, 0) is 16.1 Å². The number of fused-ring (bicyclic) bond motifs is 2. The fourth-order valence-electron chi connectivity index (χ4n) is 4.37. The summed E-state index contributed by atoms with van der Waals surface area (Å²) in [6.07, 6.45) is 5.35. The Morgan fingerprint density at radius 3 is 2.63 bits per heavy atom. The molecule has 0 radical (unpaired) electrons. The molecule has 0 aliphatic carbocycles. The molecule has 0 fully saturated rings. The molecule has 0 aliphatic heterocycles. The van der Waals surface area contributed by atoms with E-state index in [2.05, 4.69) is 9.97 Å². The van der Waals surface area contributed by atoms with E-state index in [9.17, 15) is 14.9 Å². The largest absolute Gasteiger partial charge is 0.469 e. The number of carbonyl (C=O) groups is 1. The van der Waals surface area contributed by atoms with Gasteiger partial charge in [0, 0.05) is 36.5 Å². The maximum atomic E-state index is 12.2. The van der Waals surface area contributed by atoms with Crippen molar-refractivity contribution < 1.29 is 14.5 Å². The predicted molar refractivity (Wildman–Crippen MR) is 132 cm³/mol. The Morgan fingerprint density at radius 2 is 1.86 bits per heavy atom. The van der Waals surface area contributed by atoms with E-state index in [1.165, 1.54) is 19.5 Å². The van der Waals surface area contributed by atoms with Gasteiger partial charge in [0.25, 0.3) is 5.69 Å². The Labute approximate surface area is 200 Å². The number of nitro benzene ring substituents is 1. The van der Waals surface area contributed by atoms with E-state index in [4.69, 9.17) is 4.74 Å². The fraction of sp³-hybridized carbons (Fsp3) is 0.192. The summed E-state index contributed by atoms with van der Waals surface area (Å²) in [7, 11) is 1.39. The van der Waals surface area contributed by atoms with E-state index in [-0.39, 0.29) is 11.7 Å². The van der Waals surface area contributed by atoms with Crippen molar-refractivity contribution in [3.05, 3.63) is 83.4 Å². The first-order valence-corrected chi connectivity index (χ1v) is 11.0. The third-order valence-electron chi connectivity index (χ3n) is 6.15. The van der Waals surface area contributed by atoms with Crippen molar-refractivity contribution in [1.82, 2.24) is 19.1 Å². The molecule has 3 aromatic heterocycles. The lowest BCUT2D eigenvalue weighted by Gasteiger charge is -2.22. The fourth-order valence-corrected chi connectivity index (χ4v) is 4.37. The minimum atomic E-state index is -0.723. The van der Waals surface area contributed by atoms with Crippen LogP contribution < -0.4 is 0 Å². The van der Waals surface area contributed by atoms with Crippen LogP contribution in [0.1, 0.15) is 13.8 Å². The molecule has 176 valence electrons. The summed E-state index contributed by atoms with van der Waals surface area (Å²) < 4.78 is 8.86. The van der Waals surface area contributed by atoms with Crippen molar-refractivity contribution in [3.63, 3.8) is 0 Å². The Balaban J connectivity index is 1.60. The number of non-ortho nitro benzene ring substituents is 1. The van der Waals surface area contributed by atoms with Crippen molar-refractivity contribution in [2.75, 3.05) is 7.11 Å². The molecule has 0 aliphatic rings. The number of methoxy groups -OCH3 is 1. The quantitative estimate of drug-likeness (QED) is 0.193. The number of benzene rings is 2. The lowest BCUT2D eigenvalue weighted by atomic mass is 9.94. The third-order valence-corrected chi connectivity index (χ3v) is 6.15. The highest BCUT2D eigenvalue weighted by Crippen LogP contribution is 2.31. The first-order chi connectivity index (χ1) is 16.8. The molecule has 0 N–H and O–H groups in total. The average Bonchev–Trinajstić information content (AvgIpc) is 3.47. The van der Waals surface area contributed by atoms with E-state index in [1.54, 1.807) is 12.1 Å². The lowest BCUT2D eigenvalue weighted by molar-refractivity contribution is -0.384. The van der Waals surface area contributed by atoms with Gasteiger partial charge >= 0.3 is 5.97 Å². The number of rotatable bonds is 6. The predicted octanol–water partition coefficient (Wildman–Crippen LogP) is 5.15. The monoisotopic (exact) mass is 469 g/mol. The molecule has 0 saturated carbocycles. The first kappa shape index (κ1) is 22.3. The summed E-state index contributed by atoms with van der Waals surface area (Å²) >= 11 is 0. The third kappa shape index (κ3) is 3.90. The number of carbonyl (C=O) groups excluding carboxylic acids is 1. The van der Waals surface area contributed by atoms with Crippen LogP contribution in [0.5, 0.6) is 0 Å². The number of esters is 1.